The molecule has 0 spiro atoms. The van der Waals surface area contributed by atoms with Crippen LogP contribution in [0.15, 0.2) is 17.8 Å². The minimum absolute atomic E-state index is 0.251. The molecule has 4 heterocycles. The summed E-state index contributed by atoms with van der Waals surface area (Å²) >= 11 is 1.61. The molecule has 0 unspecified atom stereocenters. The number of likely N-dealkylation sites (tertiary alicyclic amines) is 2. The number of aromatic nitrogens is 2. The van der Waals surface area contributed by atoms with Gasteiger partial charge in [0.1, 0.15) is 0 Å². The van der Waals surface area contributed by atoms with E-state index >= 15 is 0 Å². The molecule has 0 aromatic carbocycles. The zero-order valence-electron chi connectivity index (χ0n) is 13.6. The van der Waals surface area contributed by atoms with Gasteiger partial charge in [0, 0.05) is 36.4 Å². The number of amides is 1. The average Bonchev–Trinajstić information content (AvgIpc) is 3.28. The highest BCUT2D eigenvalue weighted by molar-refractivity contribution is 7.15. The quantitative estimate of drug-likeness (QED) is 0.863. The van der Waals surface area contributed by atoms with E-state index < -0.39 is 0 Å². The van der Waals surface area contributed by atoms with E-state index in [0.29, 0.717) is 18.5 Å². The fraction of sp³-hybridized carbons (Fsp3) is 0.647. The number of thiazole rings is 1. The summed E-state index contributed by atoms with van der Waals surface area (Å²) in [5, 5.41) is 2.02. The van der Waals surface area contributed by atoms with Gasteiger partial charge in [-0.2, -0.15) is 0 Å². The largest absolute Gasteiger partial charge is 0.338 e. The van der Waals surface area contributed by atoms with Gasteiger partial charge in [-0.25, -0.2) is 4.98 Å². The summed E-state index contributed by atoms with van der Waals surface area (Å²) in [5.74, 6) is 0.251. The van der Waals surface area contributed by atoms with Crippen molar-refractivity contribution in [2.45, 2.75) is 51.1 Å². The van der Waals surface area contributed by atoms with E-state index in [1.165, 1.54) is 19.4 Å². The van der Waals surface area contributed by atoms with Crippen molar-refractivity contribution in [1.82, 2.24) is 19.2 Å². The number of fused-ring (bicyclic) bond motifs is 1. The van der Waals surface area contributed by atoms with Crippen LogP contribution in [0.5, 0.6) is 0 Å². The molecule has 2 aliphatic rings. The van der Waals surface area contributed by atoms with Crippen molar-refractivity contribution >= 4 is 22.2 Å². The molecule has 0 aliphatic carbocycles. The molecule has 0 radical (unpaired) electrons. The maximum absolute atomic E-state index is 12.8. The van der Waals surface area contributed by atoms with Crippen LogP contribution in [0.3, 0.4) is 0 Å². The van der Waals surface area contributed by atoms with Crippen LogP contribution in [0.4, 0.5) is 0 Å². The van der Waals surface area contributed by atoms with E-state index in [1.807, 2.05) is 22.2 Å². The van der Waals surface area contributed by atoms with E-state index in [1.54, 1.807) is 11.3 Å². The van der Waals surface area contributed by atoms with Crippen molar-refractivity contribution in [3.63, 3.8) is 0 Å². The average molecular weight is 332 g/mol. The Kier molecular flexibility index (Phi) is 4.11. The third-order valence-electron chi connectivity index (χ3n) is 5.36. The molecular weight excluding hydrogens is 308 g/mol. The van der Waals surface area contributed by atoms with Gasteiger partial charge in [0.25, 0.3) is 0 Å². The molecule has 2 fully saturated rings. The third kappa shape index (κ3) is 2.78. The lowest BCUT2D eigenvalue weighted by Crippen LogP contribution is -2.48. The SMILES string of the molecule is CCN1CCC[C@@H]1[C@H]1CCCN1C(=O)Cc1cn2ccsc2n1. The predicted molar refractivity (Wildman–Crippen MR) is 91.8 cm³/mol. The summed E-state index contributed by atoms with van der Waals surface area (Å²) < 4.78 is 2.00. The molecule has 124 valence electrons. The highest BCUT2D eigenvalue weighted by Gasteiger charge is 2.39. The molecule has 2 aromatic rings. The number of hydrogen-bond donors (Lipinski definition) is 0. The molecule has 2 saturated heterocycles. The van der Waals surface area contributed by atoms with E-state index in [0.717, 1.165) is 36.6 Å². The Morgan fingerprint density at radius 3 is 2.96 bits per heavy atom. The Hall–Kier alpha value is -1.40. The highest BCUT2D eigenvalue weighted by Crippen LogP contribution is 2.30. The lowest BCUT2D eigenvalue weighted by atomic mass is 10.0. The van der Waals surface area contributed by atoms with Gasteiger partial charge in [-0.15, -0.1) is 11.3 Å². The van der Waals surface area contributed by atoms with E-state index in [9.17, 15) is 4.79 Å². The number of likely N-dealkylation sites (N-methyl/N-ethyl adjacent to an activating group) is 1. The second-order valence-corrected chi connectivity index (χ2v) is 7.51. The standard InChI is InChI=1S/C17H24N4OS/c1-2-19-7-3-5-14(19)15-6-4-8-21(15)16(22)11-13-12-20-9-10-23-17(20)18-13/h9-10,12,14-15H,2-8,11H2,1H3/t14-,15-/m1/s1. The van der Waals surface area contributed by atoms with Crippen molar-refractivity contribution in [3.05, 3.63) is 23.5 Å². The van der Waals surface area contributed by atoms with Gasteiger partial charge >= 0.3 is 0 Å². The smallest absolute Gasteiger partial charge is 0.228 e. The molecule has 0 N–H and O–H groups in total. The van der Waals surface area contributed by atoms with Crippen LogP contribution in [0.2, 0.25) is 0 Å². The molecule has 23 heavy (non-hydrogen) atoms. The normalized spacial score (nSPS) is 25.7. The summed E-state index contributed by atoms with van der Waals surface area (Å²) in [6, 6.07) is 0.977. The van der Waals surface area contributed by atoms with Crippen LogP contribution in [0, 0.1) is 0 Å². The molecular formula is C17H24N4OS. The Morgan fingerprint density at radius 2 is 2.13 bits per heavy atom. The fourth-order valence-corrected chi connectivity index (χ4v) is 5.02. The van der Waals surface area contributed by atoms with Crippen molar-refractivity contribution in [2.24, 2.45) is 0 Å². The van der Waals surface area contributed by atoms with Crippen molar-refractivity contribution in [3.8, 4) is 0 Å². The zero-order chi connectivity index (χ0) is 15.8. The number of imidazole rings is 1. The molecule has 0 saturated carbocycles. The molecule has 0 bridgehead atoms. The first-order valence-corrected chi connectivity index (χ1v) is 9.59. The Morgan fingerprint density at radius 1 is 1.30 bits per heavy atom. The summed E-state index contributed by atoms with van der Waals surface area (Å²) in [4.78, 5) is 23.1. The first-order valence-electron chi connectivity index (χ1n) is 8.71. The molecule has 1 amide bonds. The lowest BCUT2D eigenvalue weighted by Gasteiger charge is -2.34. The molecule has 2 atom stereocenters. The number of rotatable bonds is 4. The summed E-state index contributed by atoms with van der Waals surface area (Å²) in [5.41, 5.74) is 0.895. The minimum atomic E-state index is 0.251. The van der Waals surface area contributed by atoms with Crippen molar-refractivity contribution in [1.29, 1.82) is 0 Å². The Balaban J connectivity index is 1.47. The summed E-state index contributed by atoms with van der Waals surface area (Å²) in [6.45, 7) is 5.44. The van der Waals surface area contributed by atoms with Gasteiger partial charge in [0.05, 0.1) is 12.1 Å². The topological polar surface area (TPSA) is 40.9 Å². The van der Waals surface area contributed by atoms with E-state index in [4.69, 9.17) is 0 Å². The van der Waals surface area contributed by atoms with Crippen LogP contribution in [-0.4, -0.2) is 56.8 Å². The maximum Gasteiger partial charge on any atom is 0.228 e. The van der Waals surface area contributed by atoms with Crippen LogP contribution < -0.4 is 0 Å². The first kappa shape index (κ1) is 15.1. The molecule has 5 nitrogen and oxygen atoms in total. The van der Waals surface area contributed by atoms with Crippen molar-refractivity contribution in [2.75, 3.05) is 19.6 Å². The molecule has 6 heteroatoms. The third-order valence-corrected chi connectivity index (χ3v) is 6.13. The Labute approximate surface area is 140 Å². The van der Waals surface area contributed by atoms with Gasteiger partial charge in [0.15, 0.2) is 4.96 Å². The summed E-state index contributed by atoms with van der Waals surface area (Å²) in [7, 11) is 0. The summed E-state index contributed by atoms with van der Waals surface area (Å²) in [6.07, 6.45) is 9.23. The van der Waals surface area contributed by atoms with Gasteiger partial charge in [-0.1, -0.05) is 6.92 Å². The van der Waals surface area contributed by atoms with Crippen LogP contribution in [0.25, 0.3) is 4.96 Å². The first-order chi connectivity index (χ1) is 11.3. The molecule has 2 aliphatic heterocycles. The number of carbonyl (C=O) groups is 1. The number of hydrogen-bond acceptors (Lipinski definition) is 4. The maximum atomic E-state index is 12.8. The van der Waals surface area contributed by atoms with Crippen LogP contribution >= 0.6 is 11.3 Å². The van der Waals surface area contributed by atoms with Crippen LogP contribution in [-0.2, 0) is 11.2 Å². The minimum Gasteiger partial charge on any atom is -0.338 e. The highest BCUT2D eigenvalue weighted by atomic mass is 32.1. The second kappa shape index (κ2) is 6.24. The lowest BCUT2D eigenvalue weighted by molar-refractivity contribution is -0.132. The number of nitrogens with zero attached hydrogens (tertiary/aromatic N) is 4. The molecule has 4 rings (SSSR count). The second-order valence-electron chi connectivity index (χ2n) is 6.64. The zero-order valence-corrected chi connectivity index (χ0v) is 14.5. The van der Waals surface area contributed by atoms with E-state index in [-0.39, 0.29) is 5.91 Å². The van der Waals surface area contributed by atoms with Gasteiger partial charge in [-0.3, -0.25) is 14.1 Å². The van der Waals surface area contributed by atoms with Gasteiger partial charge in [0.2, 0.25) is 5.91 Å². The molecule has 2 aromatic heterocycles. The van der Waals surface area contributed by atoms with Gasteiger partial charge in [-0.05, 0) is 38.8 Å². The number of carbonyl (C=O) groups excluding carboxylic acids is 1. The van der Waals surface area contributed by atoms with E-state index in [2.05, 4.69) is 21.7 Å². The fourth-order valence-electron chi connectivity index (χ4n) is 4.30. The van der Waals surface area contributed by atoms with Crippen molar-refractivity contribution < 1.29 is 4.79 Å². The van der Waals surface area contributed by atoms with Crippen LogP contribution in [0.1, 0.15) is 38.3 Å². The monoisotopic (exact) mass is 332 g/mol. The Bertz CT molecular complexity index is 665. The van der Waals surface area contributed by atoms with Gasteiger partial charge < -0.3 is 4.90 Å². The predicted octanol–water partition coefficient (Wildman–Crippen LogP) is 2.41.